The predicted molar refractivity (Wildman–Crippen MR) is 133 cm³/mol. The highest BCUT2D eigenvalue weighted by atomic mass is 16.5. The molecule has 2 aromatic rings. The summed E-state index contributed by atoms with van der Waals surface area (Å²) in [6.07, 6.45) is -1.29. The summed E-state index contributed by atoms with van der Waals surface area (Å²) in [5.41, 5.74) is -0.302. The molecule has 2 unspecified atom stereocenters. The van der Waals surface area contributed by atoms with Crippen molar-refractivity contribution in [3.05, 3.63) is 69.8 Å². The van der Waals surface area contributed by atoms with E-state index in [2.05, 4.69) is 9.47 Å². The van der Waals surface area contributed by atoms with E-state index in [1.807, 2.05) is 0 Å². The first kappa shape index (κ1) is 28.1. The van der Waals surface area contributed by atoms with Crippen LogP contribution in [-0.4, -0.2) is 66.6 Å². The van der Waals surface area contributed by atoms with Crippen molar-refractivity contribution < 1.29 is 52.6 Å². The molecule has 11 nitrogen and oxygen atoms in total. The van der Waals surface area contributed by atoms with E-state index in [1.165, 1.54) is 36.4 Å². The number of ketones is 7. The molecule has 0 radical (unpaired) electrons. The van der Waals surface area contributed by atoms with Crippen LogP contribution >= 0.6 is 0 Å². The van der Waals surface area contributed by atoms with E-state index in [9.17, 15) is 43.2 Å². The Morgan fingerprint density at radius 1 is 0.550 bits per heavy atom. The number of fused-ring (bicyclic) bond motifs is 2. The average molecular weight is 546 g/mol. The molecule has 0 aliphatic heterocycles. The Bertz CT molecular complexity index is 1430. The zero-order valence-corrected chi connectivity index (χ0v) is 21.4. The number of rotatable bonds is 10. The quantitative estimate of drug-likeness (QED) is 0.242. The van der Waals surface area contributed by atoms with Crippen molar-refractivity contribution >= 4 is 52.4 Å². The number of hydrogen-bond donors (Lipinski definition) is 0. The summed E-state index contributed by atoms with van der Waals surface area (Å²) in [6, 6.07) is 7.48. The van der Waals surface area contributed by atoms with Crippen LogP contribution < -0.4 is 0 Å². The Labute approximate surface area is 226 Å². The summed E-state index contributed by atoms with van der Waals surface area (Å²) in [6.45, 7) is 0. The van der Waals surface area contributed by atoms with Crippen LogP contribution in [0, 0.1) is 11.8 Å². The third-order valence-corrected chi connectivity index (χ3v) is 6.92. The summed E-state index contributed by atoms with van der Waals surface area (Å²) in [5.74, 6) is -9.66. The van der Waals surface area contributed by atoms with E-state index in [4.69, 9.17) is 0 Å². The normalized spacial score (nSPS) is 17.4. The van der Waals surface area contributed by atoms with Gasteiger partial charge in [0.15, 0.2) is 40.5 Å². The monoisotopic (exact) mass is 546 g/mol. The first-order valence-corrected chi connectivity index (χ1v) is 12.2. The van der Waals surface area contributed by atoms with Gasteiger partial charge in [-0.25, -0.2) is 0 Å². The van der Waals surface area contributed by atoms with Crippen molar-refractivity contribution in [3.63, 3.8) is 0 Å². The molecule has 0 fully saturated rings. The van der Waals surface area contributed by atoms with Gasteiger partial charge in [-0.15, -0.1) is 0 Å². The third kappa shape index (κ3) is 4.93. The molecule has 0 bridgehead atoms. The molecule has 2 aromatic carbocycles. The number of carbonyl (C=O) groups excluding carboxylic acids is 9. The minimum Gasteiger partial charge on any atom is -0.469 e. The van der Waals surface area contributed by atoms with E-state index in [0.29, 0.717) is 0 Å². The largest absolute Gasteiger partial charge is 0.469 e. The highest BCUT2D eigenvalue weighted by molar-refractivity contribution is 6.37. The van der Waals surface area contributed by atoms with Crippen molar-refractivity contribution in [3.8, 4) is 0 Å². The lowest BCUT2D eigenvalue weighted by molar-refractivity contribution is -0.142. The number of methoxy groups -OCH3 is 2. The van der Waals surface area contributed by atoms with Gasteiger partial charge in [-0.2, -0.15) is 0 Å². The highest BCUT2D eigenvalue weighted by Gasteiger charge is 2.44. The lowest BCUT2D eigenvalue weighted by atomic mass is 9.95. The number of hydrogen-bond acceptors (Lipinski definition) is 11. The van der Waals surface area contributed by atoms with Gasteiger partial charge in [-0.1, -0.05) is 12.1 Å². The first-order valence-electron chi connectivity index (χ1n) is 12.2. The number of carbonyl (C=O) groups is 9. The molecule has 2 aliphatic carbocycles. The van der Waals surface area contributed by atoms with Crippen LogP contribution in [0.5, 0.6) is 0 Å². The zero-order valence-electron chi connectivity index (χ0n) is 21.4. The van der Waals surface area contributed by atoms with Gasteiger partial charge in [0.05, 0.1) is 27.1 Å². The van der Waals surface area contributed by atoms with Crippen LogP contribution in [0.25, 0.3) is 0 Å². The summed E-state index contributed by atoms with van der Waals surface area (Å²) in [7, 11) is 2.29. The topological polar surface area (TPSA) is 172 Å². The van der Waals surface area contributed by atoms with Crippen LogP contribution in [0.3, 0.4) is 0 Å². The van der Waals surface area contributed by atoms with Gasteiger partial charge in [0.1, 0.15) is 11.8 Å². The SMILES string of the molecule is COC(=O)CCC(=O)C1C(=O)c2ccc(C(=O)c3ccc4c(c3)C(=O)C(C(=O)CCC(=O)OC)C4=O)cc2C1=O. The second-order valence-electron chi connectivity index (χ2n) is 9.26. The Hall–Kier alpha value is -4.93. The van der Waals surface area contributed by atoms with E-state index < -0.39 is 64.3 Å². The van der Waals surface area contributed by atoms with Crippen LogP contribution in [0.2, 0.25) is 0 Å². The second-order valence-corrected chi connectivity index (χ2v) is 9.26. The van der Waals surface area contributed by atoms with Gasteiger partial charge in [-0.05, 0) is 24.3 Å². The van der Waals surface area contributed by atoms with Crippen LogP contribution in [0.4, 0.5) is 0 Å². The fourth-order valence-corrected chi connectivity index (χ4v) is 4.76. The molecular formula is C29H22O11. The van der Waals surface area contributed by atoms with Gasteiger partial charge in [0.2, 0.25) is 0 Å². The van der Waals surface area contributed by atoms with Crippen molar-refractivity contribution in [2.24, 2.45) is 11.8 Å². The minimum absolute atomic E-state index is 0.00927. The standard InChI is InChI=1S/C29H22O11/c1-39-21(32)9-7-19(30)23-26(35)15-5-3-13(11-17(15)28(23)37)25(34)14-4-6-16-18(12-14)29(38)24(27(16)36)20(31)8-10-22(33)40-2/h3-6,11-12,23-24H,7-10H2,1-2H3. The average Bonchev–Trinajstić information content (AvgIpc) is 3.36. The Morgan fingerprint density at radius 2 is 0.900 bits per heavy atom. The summed E-state index contributed by atoms with van der Waals surface area (Å²) < 4.78 is 8.95. The smallest absolute Gasteiger partial charge is 0.305 e. The molecular weight excluding hydrogens is 524 g/mol. The minimum atomic E-state index is -1.61. The molecule has 0 aromatic heterocycles. The van der Waals surface area contributed by atoms with Crippen molar-refractivity contribution in [2.75, 3.05) is 14.2 Å². The molecule has 2 atom stereocenters. The summed E-state index contributed by atoms with van der Waals surface area (Å²) >= 11 is 0. The van der Waals surface area contributed by atoms with Gasteiger partial charge in [0.25, 0.3) is 0 Å². The molecule has 0 saturated heterocycles. The highest BCUT2D eigenvalue weighted by Crippen LogP contribution is 2.32. The molecule has 0 amide bonds. The van der Waals surface area contributed by atoms with Gasteiger partial charge < -0.3 is 9.47 Å². The Kier molecular flexibility index (Phi) is 7.76. The van der Waals surface area contributed by atoms with Crippen LogP contribution in [-0.2, 0) is 28.7 Å². The molecule has 2 aliphatic rings. The number of Topliss-reactive ketones (excluding diaryl/α,β-unsaturated/α-hetero) is 6. The molecule has 0 spiro atoms. The predicted octanol–water partition coefficient (Wildman–Crippen LogP) is 1.95. The molecule has 40 heavy (non-hydrogen) atoms. The fraction of sp³-hybridized carbons (Fsp3) is 0.276. The lowest BCUT2D eigenvalue weighted by Crippen LogP contribution is -2.26. The maximum absolute atomic E-state index is 13.2. The number of esters is 2. The molecule has 4 rings (SSSR count). The maximum atomic E-state index is 13.2. The molecule has 0 N–H and O–H groups in total. The van der Waals surface area contributed by atoms with E-state index in [-0.39, 0.29) is 59.1 Å². The number of ether oxygens (including phenoxy) is 2. The van der Waals surface area contributed by atoms with Crippen LogP contribution in [0.1, 0.15) is 83.0 Å². The van der Waals surface area contributed by atoms with E-state index >= 15 is 0 Å². The zero-order chi connectivity index (χ0) is 29.3. The lowest BCUT2D eigenvalue weighted by Gasteiger charge is -2.06. The Balaban J connectivity index is 1.55. The summed E-state index contributed by atoms with van der Waals surface area (Å²) in [5, 5.41) is 0. The van der Waals surface area contributed by atoms with Crippen LogP contribution in [0.15, 0.2) is 36.4 Å². The first-order chi connectivity index (χ1) is 19.0. The number of benzene rings is 2. The van der Waals surface area contributed by atoms with Gasteiger partial charge in [-0.3, -0.25) is 43.2 Å². The molecule has 204 valence electrons. The Morgan fingerprint density at radius 3 is 1.25 bits per heavy atom. The van der Waals surface area contributed by atoms with Crippen molar-refractivity contribution in [2.45, 2.75) is 25.7 Å². The van der Waals surface area contributed by atoms with Crippen molar-refractivity contribution in [1.29, 1.82) is 0 Å². The molecule has 0 heterocycles. The van der Waals surface area contributed by atoms with E-state index in [0.717, 1.165) is 14.2 Å². The fourth-order valence-electron chi connectivity index (χ4n) is 4.76. The van der Waals surface area contributed by atoms with Gasteiger partial charge in [0, 0.05) is 46.2 Å². The molecule has 11 heteroatoms. The van der Waals surface area contributed by atoms with E-state index in [1.54, 1.807) is 0 Å². The second kappa shape index (κ2) is 11.0. The third-order valence-electron chi connectivity index (χ3n) is 6.92. The maximum Gasteiger partial charge on any atom is 0.305 e. The molecule has 0 saturated carbocycles. The van der Waals surface area contributed by atoms with Gasteiger partial charge >= 0.3 is 11.9 Å². The summed E-state index contributed by atoms with van der Waals surface area (Å²) in [4.78, 5) is 112. The van der Waals surface area contributed by atoms with Crippen molar-refractivity contribution in [1.82, 2.24) is 0 Å².